The van der Waals surface area contributed by atoms with E-state index >= 15 is 0 Å². The number of hydrogen-bond donors (Lipinski definition) is 1. The zero-order valence-electron chi connectivity index (χ0n) is 14.6. The van der Waals surface area contributed by atoms with Gasteiger partial charge in [-0.3, -0.25) is 19.7 Å². The molecule has 136 valence electrons. The van der Waals surface area contributed by atoms with Crippen LogP contribution in [0.15, 0.2) is 54.6 Å². The van der Waals surface area contributed by atoms with Crippen molar-refractivity contribution < 1.29 is 19.1 Å². The number of ether oxygens (including phenoxy) is 1. The molecule has 2 rings (SSSR count). The highest BCUT2D eigenvalue weighted by Gasteiger charge is 2.26. The lowest BCUT2D eigenvalue weighted by molar-refractivity contribution is -0.150. The van der Waals surface area contributed by atoms with Crippen molar-refractivity contribution in [2.75, 3.05) is 6.61 Å². The third kappa shape index (κ3) is 5.43. The molecule has 6 heteroatoms. The summed E-state index contributed by atoms with van der Waals surface area (Å²) in [6.45, 7) is 3.26. The van der Waals surface area contributed by atoms with Gasteiger partial charge < -0.3 is 4.74 Å². The molecule has 2 aromatic carbocycles. The molecule has 0 unspecified atom stereocenters. The standard InChI is InChI=1S/C20H20ClNO4/c1-13(2)18(14-8-10-16(21)11-9-14)20(25)26-12-17(23)22-19(24)15-6-4-3-5-7-15/h3-11,13,18H,12H2,1-2H3,(H,22,23,24)/t18-/m0/s1. The van der Waals surface area contributed by atoms with Gasteiger partial charge in [-0.25, -0.2) is 0 Å². The minimum Gasteiger partial charge on any atom is -0.455 e. The van der Waals surface area contributed by atoms with Gasteiger partial charge in [-0.05, 0) is 35.7 Å². The molecule has 0 aliphatic carbocycles. The second-order valence-corrected chi connectivity index (χ2v) is 6.56. The molecule has 0 spiro atoms. The molecule has 0 fully saturated rings. The van der Waals surface area contributed by atoms with Crippen LogP contribution < -0.4 is 5.32 Å². The molecule has 26 heavy (non-hydrogen) atoms. The molecule has 0 bridgehead atoms. The van der Waals surface area contributed by atoms with Crippen LogP contribution in [0.1, 0.15) is 35.7 Å². The highest BCUT2D eigenvalue weighted by atomic mass is 35.5. The Balaban J connectivity index is 1.94. The van der Waals surface area contributed by atoms with E-state index in [2.05, 4.69) is 5.32 Å². The number of esters is 1. The van der Waals surface area contributed by atoms with Gasteiger partial charge in [0.05, 0.1) is 5.92 Å². The monoisotopic (exact) mass is 373 g/mol. The van der Waals surface area contributed by atoms with Crippen molar-refractivity contribution in [2.45, 2.75) is 19.8 Å². The van der Waals surface area contributed by atoms with E-state index in [9.17, 15) is 14.4 Å². The van der Waals surface area contributed by atoms with Gasteiger partial charge in [0, 0.05) is 10.6 Å². The van der Waals surface area contributed by atoms with Gasteiger partial charge in [-0.15, -0.1) is 0 Å². The average Bonchev–Trinajstić information content (AvgIpc) is 2.62. The number of carbonyl (C=O) groups excluding carboxylic acids is 3. The lowest BCUT2D eigenvalue weighted by Crippen LogP contribution is -2.35. The van der Waals surface area contributed by atoms with Crippen molar-refractivity contribution in [1.29, 1.82) is 0 Å². The van der Waals surface area contributed by atoms with Crippen LogP contribution in [-0.4, -0.2) is 24.4 Å². The van der Waals surface area contributed by atoms with Crippen molar-refractivity contribution in [3.8, 4) is 0 Å². The second-order valence-electron chi connectivity index (χ2n) is 6.12. The van der Waals surface area contributed by atoms with Crippen LogP contribution in [0, 0.1) is 5.92 Å². The summed E-state index contributed by atoms with van der Waals surface area (Å²) in [6, 6.07) is 15.2. The summed E-state index contributed by atoms with van der Waals surface area (Å²) in [6.07, 6.45) is 0. The van der Waals surface area contributed by atoms with Gasteiger partial charge in [0.25, 0.3) is 11.8 Å². The maximum absolute atomic E-state index is 12.4. The van der Waals surface area contributed by atoms with E-state index in [0.717, 1.165) is 5.56 Å². The number of carbonyl (C=O) groups is 3. The van der Waals surface area contributed by atoms with Crippen LogP contribution >= 0.6 is 11.6 Å². The summed E-state index contributed by atoms with van der Waals surface area (Å²) in [5.74, 6) is -2.29. The highest BCUT2D eigenvalue weighted by Crippen LogP contribution is 2.27. The Hall–Kier alpha value is -2.66. The zero-order chi connectivity index (χ0) is 19.1. The third-order valence-corrected chi connectivity index (χ3v) is 4.04. The van der Waals surface area contributed by atoms with E-state index in [0.29, 0.717) is 10.6 Å². The van der Waals surface area contributed by atoms with E-state index in [-0.39, 0.29) is 5.92 Å². The number of rotatable bonds is 6. The van der Waals surface area contributed by atoms with Crippen LogP contribution in [0.4, 0.5) is 0 Å². The Kier molecular flexibility index (Phi) is 6.92. The minimum atomic E-state index is -0.675. The summed E-state index contributed by atoms with van der Waals surface area (Å²) in [7, 11) is 0. The summed E-state index contributed by atoms with van der Waals surface area (Å²) in [5, 5.41) is 2.77. The molecular weight excluding hydrogens is 354 g/mol. The van der Waals surface area contributed by atoms with E-state index in [1.807, 2.05) is 13.8 Å². The summed E-state index contributed by atoms with van der Waals surface area (Å²) in [5.41, 5.74) is 1.11. The Morgan fingerprint density at radius 2 is 1.62 bits per heavy atom. The van der Waals surface area contributed by atoms with Gasteiger partial charge in [0.2, 0.25) is 0 Å². The molecule has 5 nitrogen and oxygen atoms in total. The smallest absolute Gasteiger partial charge is 0.314 e. The maximum atomic E-state index is 12.4. The fourth-order valence-corrected chi connectivity index (χ4v) is 2.64. The molecule has 0 aliphatic heterocycles. The van der Waals surface area contributed by atoms with Crippen molar-refractivity contribution in [2.24, 2.45) is 5.92 Å². The van der Waals surface area contributed by atoms with Gasteiger partial charge in [-0.1, -0.05) is 55.8 Å². The molecule has 2 aromatic rings. The van der Waals surface area contributed by atoms with Crippen molar-refractivity contribution >= 4 is 29.4 Å². The topological polar surface area (TPSA) is 72.5 Å². The van der Waals surface area contributed by atoms with Crippen LogP contribution in [0.5, 0.6) is 0 Å². The molecule has 0 aliphatic rings. The van der Waals surface area contributed by atoms with Crippen LogP contribution in [0.2, 0.25) is 5.02 Å². The van der Waals surface area contributed by atoms with Crippen LogP contribution in [0.25, 0.3) is 0 Å². The SMILES string of the molecule is CC(C)[C@H](C(=O)OCC(=O)NC(=O)c1ccccc1)c1ccc(Cl)cc1. The molecule has 0 saturated heterocycles. The van der Waals surface area contributed by atoms with E-state index in [1.54, 1.807) is 54.6 Å². The van der Waals surface area contributed by atoms with Gasteiger partial charge >= 0.3 is 5.97 Å². The summed E-state index contributed by atoms with van der Waals surface area (Å²) < 4.78 is 5.11. The van der Waals surface area contributed by atoms with E-state index in [1.165, 1.54) is 0 Å². The zero-order valence-corrected chi connectivity index (χ0v) is 15.3. The van der Waals surface area contributed by atoms with E-state index < -0.39 is 30.3 Å². The number of amides is 2. The van der Waals surface area contributed by atoms with Crippen LogP contribution in [-0.2, 0) is 14.3 Å². The van der Waals surface area contributed by atoms with E-state index in [4.69, 9.17) is 16.3 Å². The highest BCUT2D eigenvalue weighted by molar-refractivity contribution is 6.30. The lowest BCUT2D eigenvalue weighted by atomic mass is 9.88. The Morgan fingerprint density at radius 1 is 1.00 bits per heavy atom. The number of benzene rings is 2. The quantitative estimate of drug-likeness (QED) is 0.785. The molecule has 0 radical (unpaired) electrons. The molecule has 0 saturated carbocycles. The molecule has 0 heterocycles. The number of nitrogens with one attached hydrogen (secondary N) is 1. The lowest BCUT2D eigenvalue weighted by Gasteiger charge is -2.19. The molecule has 1 N–H and O–H groups in total. The Bertz CT molecular complexity index is 772. The summed E-state index contributed by atoms with van der Waals surface area (Å²) in [4.78, 5) is 36.2. The first kappa shape index (κ1) is 19.7. The Morgan fingerprint density at radius 3 is 2.19 bits per heavy atom. The first-order chi connectivity index (χ1) is 12.4. The van der Waals surface area contributed by atoms with Crippen molar-refractivity contribution in [3.63, 3.8) is 0 Å². The predicted molar refractivity (Wildman–Crippen MR) is 98.9 cm³/mol. The van der Waals surface area contributed by atoms with Gasteiger partial charge in [0.15, 0.2) is 6.61 Å². The fourth-order valence-electron chi connectivity index (χ4n) is 2.51. The first-order valence-corrected chi connectivity index (χ1v) is 8.57. The van der Waals surface area contributed by atoms with Crippen LogP contribution in [0.3, 0.4) is 0 Å². The second kappa shape index (κ2) is 9.15. The van der Waals surface area contributed by atoms with Crippen molar-refractivity contribution in [1.82, 2.24) is 5.32 Å². The average molecular weight is 374 g/mol. The Labute approximate surface area is 157 Å². The third-order valence-electron chi connectivity index (χ3n) is 3.78. The van der Waals surface area contributed by atoms with Crippen molar-refractivity contribution in [3.05, 3.63) is 70.7 Å². The number of hydrogen-bond acceptors (Lipinski definition) is 4. The number of halogens is 1. The molecule has 0 aromatic heterocycles. The summed E-state index contributed by atoms with van der Waals surface area (Å²) >= 11 is 5.88. The maximum Gasteiger partial charge on any atom is 0.314 e. The molecular formula is C20H20ClNO4. The largest absolute Gasteiger partial charge is 0.455 e. The molecule has 2 amide bonds. The normalized spacial score (nSPS) is 11.7. The predicted octanol–water partition coefficient (Wildman–Crippen LogP) is 3.58. The van der Waals surface area contributed by atoms with Gasteiger partial charge in [-0.2, -0.15) is 0 Å². The first-order valence-electron chi connectivity index (χ1n) is 8.20. The fraction of sp³-hybridized carbons (Fsp3) is 0.250. The van der Waals surface area contributed by atoms with Gasteiger partial charge in [0.1, 0.15) is 0 Å². The number of imide groups is 1. The minimum absolute atomic E-state index is 0.0299. The molecule has 1 atom stereocenters.